The summed E-state index contributed by atoms with van der Waals surface area (Å²) < 4.78 is 0. The highest BCUT2D eigenvalue weighted by Gasteiger charge is 1.97. The minimum absolute atomic E-state index is 0.402. The van der Waals surface area contributed by atoms with Gasteiger partial charge in [0, 0.05) is 12.7 Å². The molecule has 0 radical (unpaired) electrons. The molecule has 1 aliphatic heterocycles. The molecule has 0 saturated heterocycles. The first-order valence-electron chi connectivity index (χ1n) is 2.61. The first kappa shape index (κ1) is 5.88. The fraction of sp³-hybridized carbons (Fsp3) is 0.167. The summed E-state index contributed by atoms with van der Waals surface area (Å²) in [5.41, 5.74) is 0. The summed E-state index contributed by atoms with van der Waals surface area (Å²) in [6.45, 7) is 0.402. The van der Waals surface area contributed by atoms with Gasteiger partial charge in [0.15, 0.2) is 0 Å². The number of hydrogen-bond donors (Lipinski definition) is 0. The Morgan fingerprint density at radius 2 is 2.33 bits per heavy atom. The summed E-state index contributed by atoms with van der Waals surface area (Å²) in [6, 6.07) is 0. The van der Waals surface area contributed by atoms with Crippen LogP contribution in [0.15, 0.2) is 24.4 Å². The molecule has 9 heavy (non-hydrogen) atoms. The van der Waals surface area contributed by atoms with Crippen LogP contribution in [0.2, 0.25) is 0 Å². The maximum Gasteiger partial charge on any atom is 0.141 e. The molecular weight excluding hydrogens is 118 g/mol. The summed E-state index contributed by atoms with van der Waals surface area (Å²) in [6.07, 6.45) is 5.50. The maximum atomic E-state index is 10.1. The lowest BCUT2D eigenvalue weighted by Gasteiger charge is -2.19. The van der Waals surface area contributed by atoms with Crippen LogP contribution in [0.5, 0.6) is 0 Å². The quantitative estimate of drug-likeness (QED) is 0.445. The third kappa shape index (κ3) is 1.32. The van der Waals surface area contributed by atoms with Crippen LogP contribution in [-0.4, -0.2) is 17.5 Å². The molecule has 1 aliphatic rings. The van der Waals surface area contributed by atoms with Gasteiger partial charge in [-0.05, 0) is 6.08 Å². The lowest BCUT2D eigenvalue weighted by atomic mass is 10.4. The van der Waals surface area contributed by atoms with E-state index < -0.39 is 6.09 Å². The average molecular weight is 124 g/mol. The Kier molecular flexibility index (Phi) is 1.53. The van der Waals surface area contributed by atoms with E-state index in [4.69, 9.17) is 0 Å². The van der Waals surface area contributed by atoms with E-state index in [0.29, 0.717) is 6.54 Å². The lowest BCUT2D eigenvalue weighted by Crippen LogP contribution is -2.38. The predicted octanol–water partition coefficient (Wildman–Crippen LogP) is -0.285. The number of carbonyl (C=O) groups is 1. The largest absolute Gasteiger partial charge is 0.530 e. The highest BCUT2D eigenvalue weighted by Crippen LogP contribution is 1.95. The van der Waals surface area contributed by atoms with Gasteiger partial charge in [-0.25, -0.2) is 0 Å². The van der Waals surface area contributed by atoms with E-state index in [9.17, 15) is 9.90 Å². The molecule has 48 valence electrons. The van der Waals surface area contributed by atoms with Gasteiger partial charge < -0.3 is 14.8 Å². The molecule has 0 aromatic carbocycles. The molecule has 0 aliphatic carbocycles. The maximum absolute atomic E-state index is 10.1. The van der Waals surface area contributed by atoms with E-state index >= 15 is 0 Å². The van der Waals surface area contributed by atoms with Crippen molar-refractivity contribution in [3.63, 3.8) is 0 Å². The number of carboxylic acid groups (broad SMARTS) is 1. The van der Waals surface area contributed by atoms with Crippen molar-refractivity contribution in [2.75, 3.05) is 6.54 Å². The third-order valence-electron chi connectivity index (χ3n) is 1.05. The predicted molar refractivity (Wildman–Crippen MR) is 30.4 cm³/mol. The van der Waals surface area contributed by atoms with E-state index in [2.05, 4.69) is 0 Å². The smallest absolute Gasteiger partial charge is 0.141 e. The second kappa shape index (κ2) is 2.35. The van der Waals surface area contributed by atoms with Crippen molar-refractivity contribution >= 4 is 6.09 Å². The molecule has 0 aromatic rings. The van der Waals surface area contributed by atoms with Gasteiger partial charge in [-0.3, -0.25) is 0 Å². The zero-order valence-electron chi connectivity index (χ0n) is 4.78. The number of rotatable bonds is 0. The van der Waals surface area contributed by atoms with Crippen LogP contribution in [0.3, 0.4) is 0 Å². The number of allylic oxidation sites excluding steroid dienone is 2. The van der Waals surface area contributed by atoms with Crippen molar-refractivity contribution in [3.8, 4) is 0 Å². The third-order valence-corrected chi connectivity index (χ3v) is 1.05. The van der Waals surface area contributed by atoms with Crippen LogP contribution < -0.4 is 5.11 Å². The Labute approximate surface area is 52.9 Å². The first-order valence-corrected chi connectivity index (χ1v) is 2.61. The standard InChI is InChI=1S/C6H7NO2/c8-6(9)7-4-2-1-3-5-7/h1-4H,5H2,(H,8,9)/p-1. The monoisotopic (exact) mass is 124 g/mol. The van der Waals surface area contributed by atoms with Gasteiger partial charge in [0.1, 0.15) is 6.09 Å². The summed E-state index contributed by atoms with van der Waals surface area (Å²) >= 11 is 0. The van der Waals surface area contributed by atoms with Gasteiger partial charge in [0.05, 0.1) is 0 Å². The highest BCUT2D eigenvalue weighted by molar-refractivity contribution is 5.64. The topological polar surface area (TPSA) is 43.4 Å². The van der Waals surface area contributed by atoms with Crippen molar-refractivity contribution < 1.29 is 9.90 Å². The van der Waals surface area contributed by atoms with Gasteiger partial charge in [-0.1, -0.05) is 12.2 Å². The van der Waals surface area contributed by atoms with Gasteiger partial charge >= 0.3 is 0 Å². The molecule has 1 rings (SSSR count). The van der Waals surface area contributed by atoms with Crippen molar-refractivity contribution in [2.45, 2.75) is 0 Å². The van der Waals surface area contributed by atoms with Crippen molar-refractivity contribution in [2.24, 2.45) is 0 Å². The fourth-order valence-corrected chi connectivity index (χ4v) is 0.603. The Morgan fingerprint density at radius 3 is 2.67 bits per heavy atom. The van der Waals surface area contributed by atoms with Gasteiger partial charge in [-0.15, -0.1) is 0 Å². The van der Waals surface area contributed by atoms with Crippen LogP contribution in [-0.2, 0) is 0 Å². The average Bonchev–Trinajstić information content (AvgIpc) is 1.90. The van der Waals surface area contributed by atoms with Crippen molar-refractivity contribution in [3.05, 3.63) is 24.4 Å². The Balaban J connectivity index is 2.56. The van der Waals surface area contributed by atoms with Gasteiger partial charge in [0.2, 0.25) is 0 Å². The van der Waals surface area contributed by atoms with Crippen LogP contribution in [0.25, 0.3) is 0 Å². The SMILES string of the molecule is O=C([O-])N1C=CC=CC1. The van der Waals surface area contributed by atoms with Crippen molar-refractivity contribution in [1.29, 1.82) is 0 Å². The van der Waals surface area contributed by atoms with E-state index in [1.165, 1.54) is 6.20 Å². The minimum Gasteiger partial charge on any atom is -0.530 e. The summed E-state index contributed by atoms with van der Waals surface area (Å²) in [7, 11) is 0. The normalized spacial score (nSPS) is 16.2. The second-order valence-corrected chi connectivity index (χ2v) is 1.69. The molecule has 0 saturated carbocycles. The first-order chi connectivity index (χ1) is 4.30. The number of hydrogen-bond acceptors (Lipinski definition) is 2. The fourth-order valence-electron chi connectivity index (χ4n) is 0.603. The van der Waals surface area contributed by atoms with E-state index in [1.807, 2.05) is 0 Å². The van der Waals surface area contributed by atoms with E-state index in [1.54, 1.807) is 18.2 Å². The van der Waals surface area contributed by atoms with Gasteiger partial charge in [-0.2, -0.15) is 0 Å². The molecular formula is C6H6NO2-. The molecule has 0 N–H and O–H groups in total. The molecule has 0 spiro atoms. The van der Waals surface area contributed by atoms with Crippen LogP contribution in [0, 0.1) is 0 Å². The zero-order valence-corrected chi connectivity index (χ0v) is 4.78. The Morgan fingerprint density at radius 1 is 1.56 bits per heavy atom. The molecule has 1 heterocycles. The van der Waals surface area contributed by atoms with Crippen molar-refractivity contribution in [1.82, 2.24) is 4.90 Å². The number of nitrogens with zero attached hydrogens (tertiary/aromatic N) is 1. The van der Waals surface area contributed by atoms with Crippen LogP contribution >= 0.6 is 0 Å². The minimum atomic E-state index is -1.16. The van der Waals surface area contributed by atoms with Gasteiger partial charge in [0.25, 0.3) is 0 Å². The van der Waals surface area contributed by atoms with Crippen LogP contribution in [0.1, 0.15) is 0 Å². The lowest BCUT2D eigenvalue weighted by molar-refractivity contribution is -0.261. The summed E-state index contributed by atoms with van der Waals surface area (Å²) in [4.78, 5) is 11.2. The highest BCUT2D eigenvalue weighted by atomic mass is 16.4. The number of amides is 1. The Bertz CT molecular complexity index is 172. The molecule has 3 heteroatoms. The molecule has 0 fully saturated rings. The summed E-state index contributed by atoms with van der Waals surface area (Å²) in [5.74, 6) is 0. The second-order valence-electron chi connectivity index (χ2n) is 1.69. The molecule has 0 aromatic heterocycles. The molecule has 1 amide bonds. The van der Waals surface area contributed by atoms with Crippen LogP contribution in [0.4, 0.5) is 4.79 Å². The Hall–Kier alpha value is -1.25. The molecule has 0 atom stereocenters. The molecule has 0 bridgehead atoms. The summed E-state index contributed by atoms with van der Waals surface area (Å²) in [5, 5.41) is 10.1. The molecule has 3 nitrogen and oxygen atoms in total. The van der Waals surface area contributed by atoms with E-state index in [-0.39, 0.29) is 0 Å². The van der Waals surface area contributed by atoms with E-state index in [0.717, 1.165) is 4.90 Å². The molecule has 0 unspecified atom stereocenters. The number of carbonyl (C=O) groups excluding carboxylic acids is 1. The zero-order chi connectivity index (χ0) is 6.69.